The maximum absolute atomic E-state index is 4.94. The lowest BCUT2D eigenvalue weighted by Crippen LogP contribution is -2.10. The zero-order valence-corrected chi connectivity index (χ0v) is 18.5. The first-order chi connectivity index (χ1) is 13.5. The Morgan fingerprint density at radius 1 is 0.821 bits per heavy atom. The summed E-state index contributed by atoms with van der Waals surface area (Å²) in [5.41, 5.74) is 8.32. The molecule has 0 aliphatic carbocycles. The van der Waals surface area contributed by atoms with Crippen molar-refractivity contribution in [3.8, 4) is 0 Å². The summed E-state index contributed by atoms with van der Waals surface area (Å²) in [6, 6.07) is 16.0. The van der Waals surface area contributed by atoms with Gasteiger partial charge < -0.3 is 0 Å². The van der Waals surface area contributed by atoms with Crippen molar-refractivity contribution in [1.29, 1.82) is 0 Å². The van der Waals surface area contributed by atoms with Crippen molar-refractivity contribution < 1.29 is 0 Å². The van der Waals surface area contributed by atoms with E-state index in [0.29, 0.717) is 17.8 Å². The van der Waals surface area contributed by atoms with E-state index in [9.17, 15) is 0 Å². The molecular weight excluding hydrogens is 338 g/mol. The smallest absolute Gasteiger partial charge is 0.0665 e. The molecule has 1 aliphatic rings. The number of aryl methyl sites for hydroxylation is 1. The van der Waals surface area contributed by atoms with Gasteiger partial charge in [0.2, 0.25) is 0 Å². The van der Waals surface area contributed by atoms with Crippen molar-refractivity contribution in [3.05, 3.63) is 64.7 Å². The molecule has 0 fully saturated rings. The number of hydrogen-bond donors (Lipinski definition) is 0. The van der Waals surface area contributed by atoms with Crippen LogP contribution in [0.25, 0.3) is 0 Å². The number of nitrogens with zero attached hydrogens (tertiary/aromatic N) is 1. The molecule has 150 valence electrons. The van der Waals surface area contributed by atoms with Gasteiger partial charge in [-0.05, 0) is 66.7 Å². The van der Waals surface area contributed by atoms with Crippen molar-refractivity contribution in [2.75, 3.05) is 0 Å². The van der Waals surface area contributed by atoms with Gasteiger partial charge in [-0.1, -0.05) is 82.5 Å². The van der Waals surface area contributed by atoms with E-state index in [1.807, 2.05) is 0 Å². The molecule has 1 unspecified atom stereocenters. The monoisotopic (exact) mass is 375 g/mol. The average molecular weight is 376 g/mol. The molecule has 0 aromatic heterocycles. The van der Waals surface area contributed by atoms with Crippen LogP contribution in [0.4, 0.5) is 5.69 Å². The minimum atomic E-state index is 0.597. The zero-order valence-electron chi connectivity index (χ0n) is 18.5. The second-order valence-electron chi connectivity index (χ2n) is 9.00. The van der Waals surface area contributed by atoms with Crippen LogP contribution in [0.3, 0.4) is 0 Å². The fourth-order valence-corrected chi connectivity index (χ4v) is 4.24. The number of aliphatic imine (C=N–C) groups is 1. The Bertz CT molecular complexity index is 800. The lowest BCUT2D eigenvalue weighted by Gasteiger charge is -2.17. The second-order valence-corrected chi connectivity index (χ2v) is 9.00. The van der Waals surface area contributed by atoms with Crippen LogP contribution >= 0.6 is 0 Å². The zero-order chi connectivity index (χ0) is 20.1. The van der Waals surface area contributed by atoms with Gasteiger partial charge in [0.1, 0.15) is 0 Å². The lowest BCUT2D eigenvalue weighted by atomic mass is 9.88. The number of unbranched alkanes of at least 4 members (excludes halogenated alkanes) is 1. The predicted octanol–water partition coefficient (Wildman–Crippen LogP) is 8.14. The third kappa shape index (κ3) is 5.13. The highest BCUT2D eigenvalue weighted by atomic mass is 14.8. The van der Waals surface area contributed by atoms with Gasteiger partial charge >= 0.3 is 0 Å². The van der Waals surface area contributed by atoms with Gasteiger partial charge in [-0.3, -0.25) is 4.99 Å². The molecule has 1 aliphatic heterocycles. The van der Waals surface area contributed by atoms with Crippen molar-refractivity contribution in [2.24, 2.45) is 10.9 Å². The molecule has 2 aromatic carbocycles. The van der Waals surface area contributed by atoms with Gasteiger partial charge in [-0.15, -0.1) is 0 Å². The van der Waals surface area contributed by atoms with Crippen LogP contribution in [-0.2, 0) is 6.42 Å². The van der Waals surface area contributed by atoms with E-state index in [4.69, 9.17) is 4.99 Å². The summed E-state index contributed by atoms with van der Waals surface area (Å²) in [7, 11) is 0. The normalized spacial score (nSPS) is 16.4. The molecule has 1 nitrogen and oxygen atoms in total. The van der Waals surface area contributed by atoms with Crippen LogP contribution in [0.5, 0.6) is 0 Å². The molecule has 0 spiro atoms. The summed E-state index contributed by atoms with van der Waals surface area (Å²) in [6.07, 6.45) is 7.36. The Morgan fingerprint density at radius 2 is 1.46 bits per heavy atom. The van der Waals surface area contributed by atoms with Gasteiger partial charge in [0.05, 0.1) is 5.69 Å². The summed E-state index contributed by atoms with van der Waals surface area (Å²) in [5.74, 6) is 1.83. The van der Waals surface area contributed by atoms with Crippen molar-refractivity contribution in [3.63, 3.8) is 0 Å². The van der Waals surface area contributed by atoms with Crippen molar-refractivity contribution >= 4 is 11.4 Å². The number of benzene rings is 2. The number of fused-ring (bicyclic) bond motifs is 1. The Balaban J connectivity index is 1.57. The van der Waals surface area contributed by atoms with E-state index in [1.54, 1.807) is 0 Å². The Morgan fingerprint density at radius 3 is 2.14 bits per heavy atom. The van der Waals surface area contributed by atoms with Crippen LogP contribution in [0.1, 0.15) is 93.9 Å². The van der Waals surface area contributed by atoms with E-state index < -0.39 is 0 Å². The van der Waals surface area contributed by atoms with Crippen LogP contribution in [0.2, 0.25) is 0 Å². The Kier molecular flexibility index (Phi) is 7.10. The SMILES string of the molecule is CCCC[C@H](C)C1=Nc2ccc(C(C)CC[C@@H](C)c3ccc(C)cc3)cc2C1. The highest BCUT2D eigenvalue weighted by molar-refractivity contribution is 5.95. The summed E-state index contributed by atoms with van der Waals surface area (Å²) >= 11 is 0. The molecule has 3 atom stereocenters. The largest absolute Gasteiger partial charge is 0.257 e. The Hall–Kier alpha value is -1.89. The fraction of sp³-hybridized carbons (Fsp3) is 0.519. The number of hydrogen-bond acceptors (Lipinski definition) is 1. The predicted molar refractivity (Wildman–Crippen MR) is 123 cm³/mol. The van der Waals surface area contributed by atoms with Gasteiger partial charge in [0, 0.05) is 12.1 Å². The van der Waals surface area contributed by atoms with E-state index in [-0.39, 0.29) is 0 Å². The maximum atomic E-state index is 4.94. The van der Waals surface area contributed by atoms with Crippen LogP contribution < -0.4 is 0 Å². The van der Waals surface area contributed by atoms with Gasteiger partial charge in [-0.2, -0.15) is 0 Å². The maximum Gasteiger partial charge on any atom is 0.0665 e. The average Bonchev–Trinajstić information content (AvgIpc) is 3.14. The summed E-state index contributed by atoms with van der Waals surface area (Å²) in [6.45, 7) is 11.5. The lowest BCUT2D eigenvalue weighted by molar-refractivity contribution is 0.573. The van der Waals surface area contributed by atoms with Crippen molar-refractivity contribution in [1.82, 2.24) is 0 Å². The van der Waals surface area contributed by atoms with Crippen LogP contribution in [-0.4, -0.2) is 5.71 Å². The summed E-state index contributed by atoms with van der Waals surface area (Å²) < 4.78 is 0. The van der Waals surface area contributed by atoms with E-state index in [2.05, 4.69) is 77.1 Å². The van der Waals surface area contributed by atoms with Crippen LogP contribution in [0, 0.1) is 12.8 Å². The topological polar surface area (TPSA) is 12.4 Å². The molecular formula is C27H37N. The molecule has 0 saturated carbocycles. The molecule has 0 radical (unpaired) electrons. The molecule has 0 amide bonds. The highest BCUT2D eigenvalue weighted by Crippen LogP contribution is 2.34. The molecule has 1 heterocycles. The Labute approximate surface area is 172 Å². The first-order valence-corrected chi connectivity index (χ1v) is 11.2. The molecule has 1 heteroatoms. The van der Waals surface area contributed by atoms with Gasteiger partial charge in [-0.25, -0.2) is 0 Å². The molecule has 2 aromatic rings. The van der Waals surface area contributed by atoms with Gasteiger partial charge in [0.25, 0.3) is 0 Å². The fourth-order valence-electron chi connectivity index (χ4n) is 4.24. The molecule has 0 bridgehead atoms. The molecule has 3 rings (SSSR count). The second kappa shape index (κ2) is 9.54. The third-order valence-corrected chi connectivity index (χ3v) is 6.55. The standard InChI is InChI=1S/C27H37N/c1-6-7-8-22(5)27-18-25-17-24(15-16-26(25)28-27)21(4)12-11-20(3)23-13-9-19(2)10-14-23/h9-10,13-17,20-22H,6-8,11-12,18H2,1-5H3/t20-,21?,22+/m1/s1. The summed E-state index contributed by atoms with van der Waals surface area (Å²) in [4.78, 5) is 4.94. The van der Waals surface area contributed by atoms with Crippen molar-refractivity contribution in [2.45, 2.75) is 85.0 Å². The molecule has 0 N–H and O–H groups in total. The molecule has 28 heavy (non-hydrogen) atoms. The minimum absolute atomic E-state index is 0.597. The summed E-state index contributed by atoms with van der Waals surface area (Å²) in [5, 5.41) is 0. The minimum Gasteiger partial charge on any atom is -0.257 e. The van der Waals surface area contributed by atoms with Crippen LogP contribution in [0.15, 0.2) is 47.5 Å². The number of rotatable bonds is 9. The van der Waals surface area contributed by atoms with Gasteiger partial charge in [0.15, 0.2) is 0 Å². The third-order valence-electron chi connectivity index (χ3n) is 6.55. The van der Waals surface area contributed by atoms with E-state index in [1.165, 1.54) is 65.8 Å². The van der Waals surface area contributed by atoms with E-state index >= 15 is 0 Å². The molecule has 0 saturated heterocycles. The van der Waals surface area contributed by atoms with E-state index in [0.717, 1.165) is 6.42 Å². The highest BCUT2D eigenvalue weighted by Gasteiger charge is 2.20. The first-order valence-electron chi connectivity index (χ1n) is 11.2. The first kappa shape index (κ1) is 20.8. The quantitative estimate of drug-likeness (QED) is 0.419.